The summed E-state index contributed by atoms with van der Waals surface area (Å²) in [4.78, 5) is 30.6. The fourth-order valence-electron chi connectivity index (χ4n) is 2.87. The normalized spacial score (nSPS) is 15.9. The first-order valence-electron chi connectivity index (χ1n) is 8.91. The highest BCUT2D eigenvalue weighted by atomic mass is 16.5. The molecule has 0 radical (unpaired) electrons. The number of likely N-dealkylation sites (N-methyl/N-ethyl adjacent to an activating group) is 2. The molecule has 1 heterocycles. The van der Waals surface area contributed by atoms with Crippen LogP contribution in [-0.2, 0) is 20.9 Å². The SMILES string of the molecule is CCN(Cc1ccccc1)C(=O)C(C)N(C)CC(=O)N1CCOCC1. The zero-order chi connectivity index (χ0) is 18.2. The van der Waals surface area contributed by atoms with Crippen molar-refractivity contribution in [3.05, 3.63) is 35.9 Å². The van der Waals surface area contributed by atoms with E-state index in [-0.39, 0.29) is 24.4 Å². The van der Waals surface area contributed by atoms with Crippen LogP contribution < -0.4 is 0 Å². The first kappa shape index (κ1) is 19.4. The van der Waals surface area contributed by atoms with Gasteiger partial charge in [-0.15, -0.1) is 0 Å². The average Bonchev–Trinajstić information content (AvgIpc) is 2.66. The largest absolute Gasteiger partial charge is 0.378 e. The van der Waals surface area contributed by atoms with Gasteiger partial charge in [-0.1, -0.05) is 30.3 Å². The molecule has 6 heteroatoms. The second-order valence-corrected chi connectivity index (χ2v) is 6.42. The number of nitrogens with zero attached hydrogens (tertiary/aromatic N) is 3. The molecule has 1 aliphatic rings. The molecule has 0 spiro atoms. The van der Waals surface area contributed by atoms with Crippen LogP contribution in [0.1, 0.15) is 19.4 Å². The Morgan fingerprint density at radius 2 is 1.84 bits per heavy atom. The van der Waals surface area contributed by atoms with Gasteiger partial charge < -0.3 is 14.5 Å². The Hall–Kier alpha value is -1.92. The number of carbonyl (C=O) groups excluding carboxylic acids is 2. The number of benzene rings is 1. The third-order valence-corrected chi connectivity index (χ3v) is 4.68. The number of ether oxygens (including phenoxy) is 1. The van der Waals surface area contributed by atoms with Gasteiger partial charge in [0.05, 0.1) is 25.8 Å². The maximum atomic E-state index is 12.8. The molecule has 0 bridgehead atoms. The third kappa shape index (κ3) is 5.54. The van der Waals surface area contributed by atoms with Gasteiger partial charge in [0.15, 0.2) is 0 Å². The van der Waals surface area contributed by atoms with E-state index >= 15 is 0 Å². The lowest BCUT2D eigenvalue weighted by molar-refractivity contribution is -0.140. The number of carbonyl (C=O) groups is 2. The van der Waals surface area contributed by atoms with E-state index in [2.05, 4.69) is 0 Å². The predicted octanol–water partition coefficient (Wildman–Crippen LogP) is 1.21. The van der Waals surface area contributed by atoms with Gasteiger partial charge in [0.2, 0.25) is 11.8 Å². The topological polar surface area (TPSA) is 53.1 Å². The minimum absolute atomic E-state index is 0.0450. The highest BCUT2D eigenvalue weighted by Gasteiger charge is 2.26. The molecule has 1 unspecified atom stereocenters. The van der Waals surface area contributed by atoms with Gasteiger partial charge in [-0.3, -0.25) is 14.5 Å². The Balaban J connectivity index is 1.90. The number of hydrogen-bond donors (Lipinski definition) is 0. The van der Waals surface area contributed by atoms with Gasteiger partial charge in [-0.25, -0.2) is 0 Å². The van der Waals surface area contributed by atoms with Crippen molar-refractivity contribution in [2.75, 3.05) is 46.4 Å². The standard InChI is InChI=1S/C19H29N3O3/c1-4-21(14-17-8-6-5-7-9-17)19(24)16(2)20(3)15-18(23)22-10-12-25-13-11-22/h5-9,16H,4,10-15H2,1-3H3. The minimum Gasteiger partial charge on any atom is -0.378 e. The van der Waals surface area contributed by atoms with E-state index < -0.39 is 0 Å². The Morgan fingerprint density at radius 1 is 1.20 bits per heavy atom. The molecule has 0 aromatic heterocycles. The maximum absolute atomic E-state index is 12.8. The van der Waals surface area contributed by atoms with Crippen LogP contribution in [0, 0.1) is 0 Å². The van der Waals surface area contributed by atoms with E-state index in [1.54, 1.807) is 4.90 Å². The molecule has 1 saturated heterocycles. The Labute approximate surface area is 150 Å². The van der Waals surface area contributed by atoms with E-state index in [0.717, 1.165) is 5.56 Å². The van der Waals surface area contributed by atoms with Crippen LogP contribution in [0.15, 0.2) is 30.3 Å². The summed E-state index contributed by atoms with van der Waals surface area (Å²) in [5.74, 6) is 0.0974. The molecule has 0 saturated carbocycles. The lowest BCUT2D eigenvalue weighted by Crippen LogP contribution is -2.50. The zero-order valence-corrected chi connectivity index (χ0v) is 15.5. The van der Waals surface area contributed by atoms with Crippen molar-refractivity contribution >= 4 is 11.8 Å². The molecular formula is C19H29N3O3. The fourth-order valence-corrected chi connectivity index (χ4v) is 2.87. The molecule has 2 amide bonds. The number of rotatable bonds is 7. The van der Waals surface area contributed by atoms with Crippen LogP contribution in [0.5, 0.6) is 0 Å². The molecule has 25 heavy (non-hydrogen) atoms. The van der Waals surface area contributed by atoms with Gasteiger partial charge in [0.25, 0.3) is 0 Å². The molecule has 1 aliphatic heterocycles. The van der Waals surface area contributed by atoms with Gasteiger partial charge in [-0.2, -0.15) is 0 Å². The molecule has 2 rings (SSSR count). The first-order chi connectivity index (χ1) is 12.0. The molecule has 1 atom stereocenters. The number of morpholine rings is 1. The molecule has 6 nitrogen and oxygen atoms in total. The zero-order valence-electron chi connectivity index (χ0n) is 15.5. The monoisotopic (exact) mass is 347 g/mol. The molecule has 0 aliphatic carbocycles. The third-order valence-electron chi connectivity index (χ3n) is 4.68. The summed E-state index contributed by atoms with van der Waals surface area (Å²) in [5, 5.41) is 0. The van der Waals surface area contributed by atoms with Crippen molar-refractivity contribution in [1.29, 1.82) is 0 Å². The maximum Gasteiger partial charge on any atom is 0.239 e. The summed E-state index contributed by atoms with van der Waals surface area (Å²) >= 11 is 0. The summed E-state index contributed by atoms with van der Waals surface area (Å²) in [5.41, 5.74) is 1.11. The molecule has 1 aromatic carbocycles. The van der Waals surface area contributed by atoms with Crippen molar-refractivity contribution < 1.29 is 14.3 Å². The summed E-state index contributed by atoms with van der Waals surface area (Å²) in [6.45, 7) is 7.75. The molecule has 0 N–H and O–H groups in total. The lowest BCUT2D eigenvalue weighted by atomic mass is 10.2. The number of hydrogen-bond acceptors (Lipinski definition) is 4. The quantitative estimate of drug-likeness (QED) is 0.744. The second kappa shape index (κ2) is 9.53. The van der Waals surface area contributed by atoms with Crippen molar-refractivity contribution in [3.8, 4) is 0 Å². The van der Waals surface area contributed by atoms with E-state index in [1.165, 1.54) is 0 Å². The van der Waals surface area contributed by atoms with Crippen LogP contribution in [0.2, 0.25) is 0 Å². The summed E-state index contributed by atoms with van der Waals surface area (Å²) in [6, 6.07) is 9.62. The van der Waals surface area contributed by atoms with E-state index in [1.807, 2.05) is 61.0 Å². The van der Waals surface area contributed by atoms with E-state index in [0.29, 0.717) is 39.4 Å². The van der Waals surface area contributed by atoms with Crippen molar-refractivity contribution in [2.24, 2.45) is 0 Å². The number of amides is 2. The Bertz CT molecular complexity index is 558. The lowest BCUT2D eigenvalue weighted by Gasteiger charge is -2.32. The highest BCUT2D eigenvalue weighted by Crippen LogP contribution is 2.09. The van der Waals surface area contributed by atoms with Gasteiger partial charge >= 0.3 is 0 Å². The van der Waals surface area contributed by atoms with E-state index in [4.69, 9.17) is 4.74 Å². The molecular weight excluding hydrogens is 318 g/mol. The highest BCUT2D eigenvalue weighted by molar-refractivity contribution is 5.83. The summed E-state index contributed by atoms with van der Waals surface area (Å²) in [7, 11) is 1.83. The summed E-state index contributed by atoms with van der Waals surface area (Å²) in [6.07, 6.45) is 0. The predicted molar refractivity (Wildman–Crippen MR) is 97.0 cm³/mol. The van der Waals surface area contributed by atoms with Crippen LogP contribution in [0.4, 0.5) is 0 Å². The molecule has 1 aromatic rings. The van der Waals surface area contributed by atoms with Crippen molar-refractivity contribution in [3.63, 3.8) is 0 Å². The second-order valence-electron chi connectivity index (χ2n) is 6.42. The van der Waals surface area contributed by atoms with E-state index in [9.17, 15) is 9.59 Å². The summed E-state index contributed by atoms with van der Waals surface area (Å²) < 4.78 is 5.27. The fraction of sp³-hybridized carbons (Fsp3) is 0.579. The minimum atomic E-state index is -0.339. The Kier molecular flexibility index (Phi) is 7.40. The molecule has 138 valence electrons. The smallest absolute Gasteiger partial charge is 0.239 e. The molecule has 1 fully saturated rings. The van der Waals surface area contributed by atoms with Gasteiger partial charge in [-0.05, 0) is 26.5 Å². The van der Waals surface area contributed by atoms with Crippen LogP contribution in [-0.4, -0.2) is 79.0 Å². The van der Waals surface area contributed by atoms with Gasteiger partial charge in [0.1, 0.15) is 0 Å². The van der Waals surface area contributed by atoms with Crippen molar-refractivity contribution in [1.82, 2.24) is 14.7 Å². The van der Waals surface area contributed by atoms with Crippen LogP contribution in [0.25, 0.3) is 0 Å². The first-order valence-corrected chi connectivity index (χ1v) is 8.91. The van der Waals surface area contributed by atoms with Gasteiger partial charge in [0, 0.05) is 26.2 Å². The Morgan fingerprint density at radius 3 is 2.44 bits per heavy atom. The average molecular weight is 347 g/mol. The van der Waals surface area contributed by atoms with Crippen LogP contribution in [0.3, 0.4) is 0 Å². The van der Waals surface area contributed by atoms with Crippen molar-refractivity contribution in [2.45, 2.75) is 26.4 Å². The van der Waals surface area contributed by atoms with Crippen LogP contribution >= 0.6 is 0 Å².